The summed E-state index contributed by atoms with van der Waals surface area (Å²) in [5.41, 5.74) is -2.11. The molecule has 2 aromatic rings. The Morgan fingerprint density at radius 2 is 1.65 bits per heavy atom. The lowest BCUT2D eigenvalue weighted by molar-refractivity contribution is -0.385. The Bertz CT molecular complexity index is 756. The molecule has 0 aliphatic rings. The number of nitrogens with zero attached hydrogens (tertiary/aromatic N) is 1. The minimum atomic E-state index is -4.94. The van der Waals surface area contributed by atoms with Crippen molar-refractivity contribution in [3.63, 3.8) is 0 Å². The highest BCUT2D eigenvalue weighted by Crippen LogP contribution is 2.38. The van der Waals surface area contributed by atoms with Crippen LogP contribution in [0.2, 0.25) is 0 Å². The molecule has 122 valence electrons. The van der Waals surface area contributed by atoms with Crippen LogP contribution in [0.3, 0.4) is 0 Å². The second-order valence-corrected chi connectivity index (χ2v) is 5.48. The molecule has 0 spiro atoms. The number of hydrogen-bond donors (Lipinski definition) is 0. The second-order valence-electron chi connectivity index (χ2n) is 4.24. The van der Waals surface area contributed by atoms with Crippen molar-refractivity contribution in [3.8, 4) is 11.5 Å². The maximum absolute atomic E-state index is 13.7. The van der Waals surface area contributed by atoms with Gasteiger partial charge in [-0.2, -0.15) is 13.2 Å². The Labute approximate surface area is 139 Å². The number of alkyl halides is 3. The average molecular weight is 445 g/mol. The molecule has 0 N–H and O–H groups in total. The van der Waals surface area contributed by atoms with Gasteiger partial charge in [0.1, 0.15) is 0 Å². The summed E-state index contributed by atoms with van der Waals surface area (Å²) in [7, 11) is 0. The molecule has 23 heavy (non-hydrogen) atoms. The predicted octanol–water partition coefficient (Wildman–Crippen LogP) is 5.29. The van der Waals surface area contributed by atoms with E-state index in [1.165, 1.54) is 6.07 Å². The second kappa shape index (κ2) is 6.26. The summed E-state index contributed by atoms with van der Waals surface area (Å²) in [6.45, 7) is 0. The maximum Gasteiger partial charge on any atom is 0.416 e. The van der Waals surface area contributed by atoms with E-state index in [-0.39, 0.29) is 12.1 Å². The normalized spacial score (nSPS) is 11.4. The highest BCUT2D eigenvalue weighted by molar-refractivity contribution is 14.1. The van der Waals surface area contributed by atoms with E-state index in [9.17, 15) is 32.1 Å². The van der Waals surface area contributed by atoms with E-state index in [1.807, 2.05) is 0 Å². The zero-order valence-electron chi connectivity index (χ0n) is 10.8. The zero-order valence-corrected chi connectivity index (χ0v) is 13.0. The molecule has 0 radical (unpaired) electrons. The molecule has 0 aromatic heterocycles. The van der Waals surface area contributed by atoms with E-state index in [0.29, 0.717) is 3.57 Å². The van der Waals surface area contributed by atoms with Crippen LogP contribution in [0.25, 0.3) is 0 Å². The molecule has 0 aliphatic heterocycles. The van der Waals surface area contributed by atoms with Crippen LogP contribution in [0.4, 0.5) is 27.6 Å². The molecule has 0 saturated heterocycles. The Kier molecular flexibility index (Phi) is 4.73. The van der Waals surface area contributed by atoms with Crippen LogP contribution in [0.5, 0.6) is 11.5 Å². The van der Waals surface area contributed by atoms with Gasteiger partial charge in [0.25, 0.3) is 0 Å². The number of nitro groups is 1. The van der Waals surface area contributed by atoms with Gasteiger partial charge in [0.2, 0.25) is 5.75 Å². The summed E-state index contributed by atoms with van der Waals surface area (Å²) in [6, 6.07) is 3.66. The summed E-state index contributed by atoms with van der Waals surface area (Å²) >= 11 is 1.78. The zero-order chi connectivity index (χ0) is 17.4. The number of ether oxygens (including phenoxy) is 1. The van der Waals surface area contributed by atoms with Crippen LogP contribution in [0.15, 0.2) is 30.3 Å². The van der Waals surface area contributed by atoms with Gasteiger partial charge in [-0.05, 0) is 40.8 Å². The summed E-state index contributed by atoms with van der Waals surface area (Å²) < 4.78 is 70.1. The fourth-order valence-electron chi connectivity index (χ4n) is 1.65. The number of halogens is 6. The molecular weight excluding hydrogens is 440 g/mol. The van der Waals surface area contributed by atoms with Crippen LogP contribution in [-0.4, -0.2) is 4.92 Å². The third-order valence-corrected chi connectivity index (χ3v) is 3.33. The highest BCUT2D eigenvalue weighted by atomic mass is 127. The van der Waals surface area contributed by atoms with Crippen LogP contribution in [0, 0.1) is 25.3 Å². The van der Waals surface area contributed by atoms with Crippen molar-refractivity contribution in [1.82, 2.24) is 0 Å². The Balaban J connectivity index is 2.50. The molecule has 0 amide bonds. The van der Waals surface area contributed by atoms with Crippen molar-refractivity contribution in [2.24, 2.45) is 0 Å². The van der Waals surface area contributed by atoms with Crippen molar-refractivity contribution in [2.75, 3.05) is 0 Å². The molecule has 2 rings (SSSR count). The fraction of sp³-hybridized carbons (Fsp3) is 0.0769. The molecule has 0 aliphatic carbocycles. The number of hydrogen-bond acceptors (Lipinski definition) is 3. The minimum absolute atomic E-state index is 0.0537. The van der Waals surface area contributed by atoms with E-state index < -0.39 is 45.5 Å². The Hall–Kier alpha value is -1.98. The van der Waals surface area contributed by atoms with Crippen LogP contribution < -0.4 is 4.74 Å². The standard InChI is InChI=1S/C13H5F5INO3/c14-8-3-6(13(16,17)18)4-9(15)12(8)23-11-5-7(19)1-2-10(11)20(21)22/h1-5H. The highest BCUT2D eigenvalue weighted by Gasteiger charge is 2.33. The average Bonchev–Trinajstić information content (AvgIpc) is 2.41. The Morgan fingerprint density at radius 3 is 2.13 bits per heavy atom. The van der Waals surface area contributed by atoms with Gasteiger partial charge in [-0.25, -0.2) is 8.78 Å². The molecule has 0 saturated carbocycles. The molecule has 0 bridgehead atoms. The van der Waals surface area contributed by atoms with Crippen LogP contribution in [0.1, 0.15) is 5.56 Å². The molecule has 0 fully saturated rings. The summed E-state index contributed by atoms with van der Waals surface area (Å²) in [5.74, 6) is -4.88. The first-order chi connectivity index (χ1) is 10.6. The van der Waals surface area contributed by atoms with E-state index in [0.717, 1.165) is 12.1 Å². The first kappa shape index (κ1) is 17.4. The molecule has 0 unspecified atom stereocenters. The van der Waals surface area contributed by atoms with Gasteiger partial charge in [-0.3, -0.25) is 10.1 Å². The smallest absolute Gasteiger partial charge is 0.416 e. The summed E-state index contributed by atoms with van der Waals surface area (Å²) in [4.78, 5) is 10.0. The largest absolute Gasteiger partial charge is 0.444 e. The third kappa shape index (κ3) is 3.86. The predicted molar refractivity (Wildman–Crippen MR) is 77.2 cm³/mol. The van der Waals surface area contributed by atoms with Crippen molar-refractivity contribution in [2.45, 2.75) is 6.18 Å². The van der Waals surface area contributed by atoms with E-state index >= 15 is 0 Å². The topological polar surface area (TPSA) is 52.4 Å². The molecular formula is C13H5F5INO3. The minimum Gasteiger partial charge on any atom is -0.444 e. The summed E-state index contributed by atoms with van der Waals surface area (Å²) in [6.07, 6.45) is -4.94. The molecule has 0 atom stereocenters. The van der Waals surface area contributed by atoms with Crippen molar-refractivity contribution < 1.29 is 31.6 Å². The first-order valence-corrected chi connectivity index (χ1v) is 6.85. The van der Waals surface area contributed by atoms with E-state index in [4.69, 9.17) is 4.74 Å². The van der Waals surface area contributed by atoms with E-state index in [1.54, 1.807) is 22.6 Å². The fourth-order valence-corrected chi connectivity index (χ4v) is 2.11. The molecule has 0 heterocycles. The molecule has 10 heteroatoms. The van der Waals surface area contributed by atoms with Gasteiger partial charge >= 0.3 is 11.9 Å². The molecule has 2 aromatic carbocycles. The van der Waals surface area contributed by atoms with Gasteiger partial charge in [0.15, 0.2) is 17.4 Å². The monoisotopic (exact) mass is 445 g/mol. The van der Waals surface area contributed by atoms with Gasteiger partial charge in [-0.1, -0.05) is 0 Å². The lowest BCUT2D eigenvalue weighted by Gasteiger charge is -2.12. The van der Waals surface area contributed by atoms with E-state index in [2.05, 4.69) is 0 Å². The lowest BCUT2D eigenvalue weighted by atomic mass is 10.2. The van der Waals surface area contributed by atoms with Crippen molar-refractivity contribution in [1.29, 1.82) is 0 Å². The van der Waals surface area contributed by atoms with Gasteiger partial charge in [0.05, 0.1) is 10.5 Å². The van der Waals surface area contributed by atoms with Crippen LogP contribution >= 0.6 is 22.6 Å². The first-order valence-electron chi connectivity index (χ1n) is 5.77. The Morgan fingerprint density at radius 1 is 1.09 bits per heavy atom. The number of benzene rings is 2. The van der Waals surface area contributed by atoms with Crippen molar-refractivity contribution in [3.05, 3.63) is 61.2 Å². The van der Waals surface area contributed by atoms with Crippen molar-refractivity contribution >= 4 is 28.3 Å². The van der Waals surface area contributed by atoms with Gasteiger partial charge in [0, 0.05) is 15.7 Å². The summed E-state index contributed by atoms with van der Waals surface area (Å²) in [5, 5.41) is 10.9. The van der Waals surface area contributed by atoms with Gasteiger partial charge in [-0.15, -0.1) is 0 Å². The van der Waals surface area contributed by atoms with Gasteiger partial charge < -0.3 is 4.74 Å². The molecule has 4 nitrogen and oxygen atoms in total. The third-order valence-electron chi connectivity index (χ3n) is 2.66. The maximum atomic E-state index is 13.7. The SMILES string of the molecule is O=[N+]([O-])c1ccc(I)cc1Oc1c(F)cc(C(F)(F)F)cc1F. The van der Waals surface area contributed by atoms with Crippen LogP contribution in [-0.2, 0) is 6.18 Å². The number of rotatable bonds is 3. The number of nitro benzene ring substituents is 1. The lowest BCUT2D eigenvalue weighted by Crippen LogP contribution is -2.07. The quantitative estimate of drug-likeness (QED) is 0.280.